The number of hydrogen-bond donors (Lipinski definition) is 1. The van der Waals surface area contributed by atoms with Crippen molar-refractivity contribution in [1.29, 1.82) is 0 Å². The maximum Gasteiger partial charge on any atom is 0.269 e. The molecule has 1 aliphatic heterocycles. The number of hydrogen-bond acceptors (Lipinski definition) is 9. The van der Waals surface area contributed by atoms with Crippen LogP contribution in [0.5, 0.6) is 11.5 Å². The Kier molecular flexibility index (Phi) is 7.65. The fraction of sp³-hybridized carbons (Fsp3) is 0.111. The number of nitro groups is 1. The third kappa shape index (κ3) is 6.17. The summed E-state index contributed by atoms with van der Waals surface area (Å²) < 4.78 is 58.2. The standard InChI is InChI=1S/C27H21FN4O8S/c28-19-3-7-20(8-4-19)31(41(36,37)23-10-12-25-26(15-23)39-14-13-38-25)17-27(33)30-29-16-22-9-11-24(40-22)18-1-5-21(6-2-18)32(34)35/h1-12,15-16H,13-14,17H2,(H,30,33)/b29-16-. The van der Waals surface area contributed by atoms with Gasteiger partial charge in [0.05, 0.1) is 21.7 Å². The van der Waals surface area contributed by atoms with E-state index in [1.807, 2.05) is 0 Å². The Morgan fingerprint density at radius 1 is 1.00 bits per heavy atom. The van der Waals surface area contributed by atoms with Crippen molar-refractivity contribution in [3.63, 3.8) is 0 Å². The molecule has 210 valence electrons. The van der Waals surface area contributed by atoms with E-state index in [4.69, 9.17) is 13.9 Å². The highest BCUT2D eigenvalue weighted by Gasteiger charge is 2.29. The fourth-order valence-electron chi connectivity index (χ4n) is 3.89. The van der Waals surface area contributed by atoms with Gasteiger partial charge >= 0.3 is 0 Å². The van der Waals surface area contributed by atoms with Crippen molar-refractivity contribution in [2.75, 3.05) is 24.1 Å². The van der Waals surface area contributed by atoms with E-state index in [1.165, 1.54) is 60.8 Å². The van der Waals surface area contributed by atoms with Gasteiger partial charge in [-0.05, 0) is 60.7 Å². The molecule has 1 N–H and O–H groups in total. The monoisotopic (exact) mass is 580 g/mol. The van der Waals surface area contributed by atoms with Crippen LogP contribution in [-0.4, -0.2) is 45.2 Å². The Balaban J connectivity index is 1.31. The highest BCUT2D eigenvalue weighted by molar-refractivity contribution is 7.92. The van der Waals surface area contributed by atoms with Gasteiger partial charge in [-0.2, -0.15) is 5.10 Å². The third-order valence-electron chi connectivity index (χ3n) is 5.87. The third-order valence-corrected chi connectivity index (χ3v) is 7.64. The number of amides is 1. The topological polar surface area (TPSA) is 154 Å². The van der Waals surface area contributed by atoms with Crippen LogP contribution in [0.25, 0.3) is 11.3 Å². The molecular weight excluding hydrogens is 559 g/mol. The first kappa shape index (κ1) is 27.3. The van der Waals surface area contributed by atoms with Crippen molar-refractivity contribution in [2.45, 2.75) is 4.90 Å². The van der Waals surface area contributed by atoms with Gasteiger partial charge in [0, 0.05) is 23.8 Å². The lowest BCUT2D eigenvalue weighted by atomic mass is 10.1. The molecule has 0 bridgehead atoms. The van der Waals surface area contributed by atoms with Crippen LogP contribution in [-0.2, 0) is 14.8 Å². The number of halogens is 1. The van der Waals surface area contributed by atoms with Gasteiger partial charge in [0.15, 0.2) is 11.5 Å². The number of sulfonamides is 1. The van der Waals surface area contributed by atoms with Crippen LogP contribution >= 0.6 is 0 Å². The number of non-ortho nitro benzene ring substituents is 1. The maximum atomic E-state index is 13.6. The van der Waals surface area contributed by atoms with E-state index < -0.39 is 33.2 Å². The van der Waals surface area contributed by atoms with Crippen molar-refractivity contribution in [2.24, 2.45) is 5.10 Å². The number of furan rings is 1. The van der Waals surface area contributed by atoms with Gasteiger partial charge < -0.3 is 13.9 Å². The van der Waals surface area contributed by atoms with Crippen molar-refractivity contribution < 1.29 is 36.4 Å². The van der Waals surface area contributed by atoms with Crippen molar-refractivity contribution in [1.82, 2.24) is 5.43 Å². The molecule has 14 heteroatoms. The summed E-state index contributed by atoms with van der Waals surface area (Å²) in [7, 11) is -4.31. The molecule has 0 atom stereocenters. The molecule has 0 saturated carbocycles. The molecule has 1 aromatic heterocycles. The van der Waals surface area contributed by atoms with Crippen LogP contribution in [0, 0.1) is 15.9 Å². The molecule has 0 unspecified atom stereocenters. The van der Waals surface area contributed by atoms with E-state index in [2.05, 4.69) is 10.5 Å². The highest BCUT2D eigenvalue weighted by atomic mass is 32.2. The molecular formula is C27H21FN4O8S. The zero-order valence-corrected chi connectivity index (χ0v) is 21.9. The van der Waals surface area contributed by atoms with Gasteiger partial charge in [0.1, 0.15) is 37.1 Å². The van der Waals surface area contributed by atoms with Crippen molar-refractivity contribution >= 4 is 33.5 Å². The SMILES string of the molecule is O=C(CN(c1ccc(F)cc1)S(=O)(=O)c1ccc2c(c1)OCCO2)N/N=C\c1ccc(-c2ccc([N+](=O)[O-])cc2)o1. The van der Waals surface area contributed by atoms with Gasteiger partial charge in [-0.1, -0.05) is 0 Å². The Hall–Kier alpha value is -5.24. The Morgan fingerprint density at radius 3 is 2.41 bits per heavy atom. The van der Waals surface area contributed by atoms with Gasteiger partial charge in [0.25, 0.3) is 21.6 Å². The first-order chi connectivity index (χ1) is 19.7. The number of benzene rings is 3. The molecule has 2 heterocycles. The van der Waals surface area contributed by atoms with Gasteiger partial charge in [-0.15, -0.1) is 0 Å². The molecule has 5 rings (SSSR count). The number of carbonyl (C=O) groups excluding carboxylic acids is 1. The predicted octanol–water partition coefficient (Wildman–Crippen LogP) is 4.11. The van der Waals surface area contributed by atoms with E-state index in [1.54, 1.807) is 12.1 Å². The van der Waals surface area contributed by atoms with Gasteiger partial charge in [-0.25, -0.2) is 18.2 Å². The lowest BCUT2D eigenvalue weighted by Crippen LogP contribution is -2.39. The quantitative estimate of drug-likeness (QED) is 0.176. The number of ether oxygens (including phenoxy) is 2. The largest absolute Gasteiger partial charge is 0.486 e. The van der Waals surface area contributed by atoms with Crippen LogP contribution in [0.1, 0.15) is 5.76 Å². The second-order valence-electron chi connectivity index (χ2n) is 8.59. The summed E-state index contributed by atoms with van der Waals surface area (Å²) in [5.41, 5.74) is 2.85. The highest BCUT2D eigenvalue weighted by Crippen LogP contribution is 2.34. The lowest BCUT2D eigenvalue weighted by molar-refractivity contribution is -0.384. The molecule has 4 aromatic rings. The second-order valence-corrected chi connectivity index (χ2v) is 10.5. The summed E-state index contributed by atoms with van der Waals surface area (Å²) in [6.45, 7) is -0.0899. The predicted molar refractivity (Wildman–Crippen MR) is 145 cm³/mol. The summed E-state index contributed by atoms with van der Waals surface area (Å²) in [5, 5.41) is 14.7. The summed E-state index contributed by atoms with van der Waals surface area (Å²) in [6, 6.07) is 17.7. The Labute approximate surface area is 232 Å². The molecule has 1 aliphatic rings. The van der Waals surface area contributed by atoms with E-state index in [9.17, 15) is 27.7 Å². The average molecular weight is 581 g/mol. The number of anilines is 1. The molecule has 0 fully saturated rings. The van der Waals surface area contributed by atoms with E-state index >= 15 is 0 Å². The van der Waals surface area contributed by atoms with Crippen LogP contribution in [0.2, 0.25) is 0 Å². The molecule has 0 radical (unpaired) electrons. The molecule has 0 spiro atoms. The Morgan fingerprint density at radius 2 is 1.71 bits per heavy atom. The summed E-state index contributed by atoms with van der Waals surface area (Å²) in [5.74, 6) is -0.0410. The number of hydrazone groups is 1. The molecule has 3 aromatic carbocycles. The second kappa shape index (κ2) is 11.5. The number of rotatable bonds is 9. The Bertz CT molecular complexity index is 1720. The number of carbonyl (C=O) groups is 1. The first-order valence-electron chi connectivity index (χ1n) is 12.1. The first-order valence-corrected chi connectivity index (χ1v) is 13.5. The number of fused-ring (bicyclic) bond motifs is 1. The van der Waals surface area contributed by atoms with Crippen LogP contribution in [0.4, 0.5) is 15.8 Å². The van der Waals surface area contributed by atoms with E-state index in [-0.39, 0.29) is 34.4 Å². The minimum atomic E-state index is -4.31. The molecule has 1 amide bonds. The molecule has 0 saturated heterocycles. The maximum absolute atomic E-state index is 13.6. The minimum absolute atomic E-state index is 0.0548. The molecule has 0 aliphatic carbocycles. The summed E-state index contributed by atoms with van der Waals surface area (Å²) >= 11 is 0. The normalized spacial score (nSPS) is 12.7. The number of nitrogens with one attached hydrogen (secondary N) is 1. The number of nitrogens with zero attached hydrogens (tertiary/aromatic N) is 3. The zero-order chi connectivity index (χ0) is 29.0. The fourth-order valence-corrected chi connectivity index (χ4v) is 5.33. The van der Waals surface area contributed by atoms with Crippen molar-refractivity contribution in [3.8, 4) is 22.8 Å². The van der Waals surface area contributed by atoms with Crippen molar-refractivity contribution in [3.05, 3.63) is 101 Å². The smallest absolute Gasteiger partial charge is 0.269 e. The number of nitro benzene ring substituents is 1. The van der Waals surface area contributed by atoms with Crippen LogP contribution in [0.3, 0.4) is 0 Å². The van der Waals surface area contributed by atoms with Crippen LogP contribution < -0.4 is 19.2 Å². The summed E-state index contributed by atoms with van der Waals surface area (Å²) in [4.78, 5) is 22.9. The molecule has 12 nitrogen and oxygen atoms in total. The van der Waals surface area contributed by atoms with E-state index in [0.717, 1.165) is 16.4 Å². The minimum Gasteiger partial charge on any atom is -0.486 e. The van der Waals surface area contributed by atoms with Gasteiger partial charge in [0.2, 0.25) is 0 Å². The average Bonchev–Trinajstić information content (AvgIpc) is 3.45. The lowest BCUT2D eigenvalue weighted by Gasteiger charge is -2.25. The molecule has 41 heavy (non-hydrogen) atoms. The van der Waals surface area contributed by atoms with E-state index in [0.29, 0.717) is 23.7 Å². The van der Waals surface area contributed by atoms with Crippen LogP contribution in [0.15, 0.2) is 93.3 Å². The van der Waals surface area contributed by atoms with Gasteiger partial charge in [-0.3, -0.25) is 19.2 Å². The summed E-state index contributed by atoms with van der Waals surface area (Å²) in [6.07, 6.45) is 1.21. The zero-order valence-electron chi connectivity index (χ0n) is 21.1.